The quantitative estimate of drug-likeness (QED) is 0.328. The summed E-state index contributed by atoms with van der Waals surface area (Å²) in [4.78, 5) is 33.2. The van der Waals surface area contributed by atoms with Crippen molar-refractivity contribution in [2.45, 2.75) is 44.9 Å². The van der Waals surface area contributed by atoms with Crippen molar-refractivity contribution >= 4 is 23.3 Å². The molecule has 0 radical (unpaired) electrons. The Morgan fingerprint density at radius 2 is 2.14 bits per heavy atom. The molecule has 1 saturated heterocycles. The third-order valence-corrected chi connectivity index (χ3v) is 5.44. The monoisotopic (exact) mass is 389 g/mol. The molecule has 1 aromatic heterocycles. The maximum Gasteiger partial charge on any atom is 0.353 e. The number of nitro groups is 1. The van der Waals surface area contributed by atoms with Crippen LogP contribution < -0.4 is 10.2 Å². The molecule has 1 aromatic rings. The minimum atomic E-state index is -0.427. The van der Waals surface area contributed by atoms with E-state index < -0.39 is 4.92 Å². The fourth-order valence-electron chi connectivity index (χ4n) is 3.87. The second-order valence-corrected chi connectivity index (χ2v) is 7.22. The maximum absolute atomic E-state index is 11.7. The van der Waals surface area contributed by atoms with Crippen LogP contribution >= 0.6 is 0 Å². The Morgan fingerprint density at radius 3 is 2.79 bits per heavy atom. The van der Waals surface area contributed by atoms with Crippen molar-refractivity contribution in [3.05, 3.63) is 28.1 Å². The molecule has 9 nitrogen and oxygen atoms in total. The number of carbonyl (C=O) groups excluding carboxylic acids is 1. The van der Waals surface area contributed by atoms with Crippen LogP contribution in [0.2, 0.25) is 0 Å². The molecule has 1 aliphatic carbocycles. The fraction of sp³-hybridized carbons (Fsp3) is 0.632. The summed E-state index contributed by atoms with van der Waals surface area (Å²) in [5.41, 5.74) is 1.30. The van der Waals surface area contributed by atoms with Crippen molar-refractivity contribution < 1.29 is 14.5 Å². The third-order valence-electron chi connectivity index (χ3n) is 5.44. The van der Waals surface area contributed by atoms with E-state index in [4.69, 9.17) is 4.74 Å². The number of hydrogen-bond donors (Lipinski definition) is 1. The first-order valence-corrected chi connectivity index (χ1v) is 9.84. The summed E-state index contributed by atoms with van der Waals surface area (Å²) in [5, 5.41) is 14.9. The van der Waals surface area contributed by atoms with Crippen molar-refractivity contribution in [2.75, 3.05) is 37.0 Å². The van der Waals surface area contributed by atoms with Crippen molar-refractivity contribution in [3.8, 4) is 0 Å². The second kappa shape index (κ2) is 9.48. The first-order valence-electron chi connectivity index (χ1n) is 9.84. The van der Waals surface area contributed by atoms with Crippen LogP contribution in [0.4, 0.5) is 17.3 Å². The zero-order valence-electron chi connectivity index (χ0n) is 16.2. The second-order valence-electron chi connectivity index (χ2n) is 7.22. The lowest BCUT2D eigenvalue weighted by molar-refractivity contribution is -0.383. The van der Waals surface area contributed by atoms with Gasteiger partial charge >= 0.3 is 11.7 Å². The molecule has 152 valence electrons. The van der Waals surface area contributed by atoms with Gasteiger partial charge in [0.1, 0.15) is 6.33 Å². The van der Waals surface area contributed by atoms with E-state index in [1.165, 1.54) is 31.9 Å². The van der Waals surface area contributed by atoms with Gasteiger partial charge in [0.2, 0.25) is 11.6 Å². The maximum atomic E-state index is 11.7. The summed E-state index contributed by atoms with van der Waals surface area (Å²) in [6.45, 7) is 1.64. The van der Waals surface area contributed by atoms with Gasteiger partial charge in [-0.1, -0.05) is 11.6 Å². The van der Waals surface area contributed by atoms with E-state index in [0.29, 0.717) is 38.3 Å². The first-order chi connectivity index (χ1) is 13.6. The van der Waals surface area contributed by atoms with E-state index in [1.807, 2.05) is 4.90 Å². The smallest absolute Gasteiger partial charge is 0.353 e. The average Bonchev–Trinajstić information content (AvgIpc) is 2.73. The van der Waals surface area contributed by atoms with Gasteiger partial charge < -0.3 is 15.0 Å². The van der Waals surface area contributed by atoms with Crippen molar-refractivity contribution in [1.82, 2.24) is 9.97 Å². The van der Waals surface area contributed by atoms with Crippen LogP contribution in [0.1, 0.15) is 44.9 Å². The van der Waals surface area contributed by atoms with Crippen LogP contribution in [0.3, 0.4) is 0 Å². The first kappa shape index (κ1) is 20.0. The SMILES string of the molecule is COC(=O)C1CCN(c2ncnc(NCCC3=CCCCC3)c2[N+](=O)[O-])CC1. The summed E-state index contributed by atoms with van der Waals surface area (Å²) in [6, 6.07) is 0. The van der Waals surface area contributed by atoms with E-state index in [-0.39, 0.29) is 23.4 Å². The molecule has 1 fully saturated rings. The molecule has 0 bridgehead atoms. The average molecular weight is 389 g/mol. The van der Waals surface area contributed by atoms with Crippen LogP contribution in [0.15, 0.2) is 18.0 Å². The zero-order valence-corrected chi connectivity index (χ0v) is 16.2. The Bertz CT molecular complexity index is 744. The topological polar surface area (TPSA) is 110 Å². The Kier molecular flexibility index (Phi) is 6.78. The number of hydrogen-bond acceptors (Lipinski definition) is 8. The van der Waals surface area contributed by atoms with E-state index in [2.05, 4.69) is 21.4 Å². The highest BCUT2D eigenvalue weighted by Crippen LogP contribution is 2.34. The zero-order chi connectivity index (χ0) is 19.9. The van der Waals surface area contributed by atoms with Gasteiger partial charge in [-0.3, -0.25) is 14.9 Å². The Labute approximate surface area is 164 Å². The molecule has 0 spiro atoms. The van der Waals surface area contributed by atoms with E-state index in [1.54, 1.807) is 0 Å². The lowest BCUT2D eigenvalue weighted by Crippen LogP contribution is -2.37. The summed E-state index contributed by atoms with van der Waals surface area (Å²) >= 11 is 0. The third kappa shape index (κ3) is 4.76. The molecule has 1 aliphatic heterocycles. The van der Waals surface area contributed by atoms with Crippen LogP contribution in [-0.4, -0.2) is 47.6 Å². The highest BCUT2D eigenvalue weighted by atomic mass is 16.6. The molecule has 9 heteroatoms. The highest BCUT2D eigenvalue weighted by molar-refractivity contribution is 5.74. The number of rotatable bonds is 7. The number of aromatic nitrogens is 2. The summed E-state index contributed by atoms with van der Waals surface area (Å²) in [6.07, 6.45) is 10.3. The Balaban J connectivity index is 1.68. The van der Waals surface area contributed by atoms with Crippen molar-refractivity contribution in [3.63, 3.8) is 0 Å². The standard InChI is InChI=1S/C19H27N5O4/c1-28-19(25)15-8-11-23(12-9-15)18-16(24(26)27)17(21-13-22-18)20-10-7-14-5-3-2-4-6-14/h5,13,15H,2-4,6-12H2,1H3,(H,20,21,22). The van der Waals surface area contributed by atoms with Crippen LogP contribution in [0.25, 0.3) is 0 Å². The molecule has 0 amide bonds. The molecule has 1 N–H and O–H groups in total. The van der Waals surface area contributed by atoms with Gasteiger partial charge in [-0.2, -0.15) is 0 Å². The van der Waals surface area contributed by atoms with Gasteiger partial charge in [-0.15, -0.1) is 0 Å². The number of allylic oxidation sites excluding steroid dienone is 1. The molecule has 0 aromatic carbocycles. The largest absolute Gasteiger partial charge is 0.469 e. The van der Waals surface area contributed by atoms with Gasteiger partial charge in [0.05, 0.1) is 18.0 Å². The molecular formula is C19H27N5O4. The molecule has 3 rings (SSSR count). The number of esters is 1. The molecule has 0 saturated carbocycles. The predicted octanol–water partition coefficient (Wildman–Crippen LogP) is 3.08. The lowest BCUT2D eigenvalue weighted by Gasteiger charge is -2.31. The normalized spacial score (nSPS) is 17.8. The van der Waals surface area contributed by atoms with Crippen molar-refractivity contribution in [1.29, 1.82) is 0 Å². The van der Waals surface area contributed by atoms with Gasteiger partial charge in [-0.25, -0.2) is 9.97 Å². The van der Waals surface area contributed by atoms with Crippen molar-refractivity contribution in [2.24, 2.45) is 5.92 Å². The van der Waals surface area contributed by atoms with E-state index in [9.17, 15) is 14.9 Å². The van der Waals surface area contributed by atoms with Gasteiger partial charge in [0.15, 0.2) is 0 Å². The number of piperidine rings is 1. The lowest BCUT2D eigenvalue weighted by atomic mass is 9.97. The number of anilines is 2. The predicted molar refractivity (Wildman–Crippen MR) is 105 cm³/mol. The van der Waals surface area contributed by atoms with Gasteiger partial charge in [0.25, 0.3) is 0 Å². The molecule has 0 unspecified atom stereocenters. The Morgan fingerprint density at radius 1 is 1.36 bits per heavy atom. The summed E-state index contributed by atoms with van der Waals surface area (Å²) in [5.74, 6) is 0.170. The number of nitrogens with one attached hydrogen (secondary N) is 1. The number of nitrogens with zero attached hydrogens (tertiary/aromatic N) is 4. The summed E-state index contributed by atoms with van der Waals surface area (Å²) in [7, 11) is 1.38. The van der Waals surface area contributed by atoms with Gasteiger partial charge in [0, 0.05) is 19.6 Å². The Hall–Kier alpha value is -2.71. The highest BCUT2D eigenvalue weighted by Gasteiger charge is 2.32. The fourth-order valence-corrected chi connectivity index (χ4v) is 3.87. The van der Waals surface area contributed by atoms with Gasteiger partial charge in [-0.05, 0) is 44.9 Å². The number of methoxy groups -OCH3 is 1. The summed E-state index contributed by atoms with van der Waals surface area (Å²) < 4.78 is 4.80. The van der Waals surface area contributed by atoms with E-state index >= 15 is 0 Å². The minimum absolute atomic E-state index is 0.100. The molecular weight excluding hydrogens is 362 g/mol. The van der Waals surface area contributed by atoms with Crippen LogP contribution in [0, 0.1) is 16.0 Å². The molecule has 28 heavy (non-hydrogen) atoms. The molecule has 2 heterocycles. The number of carbonyl (C=O) groups is 1. The molecule has 2 aliphatic rings. The van der Waals surface area contributed by atoms with Crippen LogP contribution in [-0.2, 0) is 9.53 Å². The minimum Gasteiger partial charge on any atom is -0.469 e. The molecule has 0 atom stereocenters. The van der Waals surface area contributed by atoms with Crippen LogP contribution in [0.5, 0.6) is 0 Å². The number of ether oxygens (including phenoxy) is 1. The van der Waals surface area contributed by atoms with E-state index in [0.717, 1.165) is 19.3 Å².